The van der Waals surface area contributed by atoms with Gasteiger partial charge in [-0.2, -0.15) is 5.26 Å². The first-order valence-corrected chi connectivity index (χ1v) is 10.6. The van der Waals surface area contributed by atoms with Gasteiger partial charge in [-0.05, 0) is 61.3 Å². The van der Waals surface area contributed by atoms with Gasteiger partial charge >= 0.3 is 0 Å². The van der Waals surface area contributed by atoms with Crippen LogP contribution in [0.3, 0.4) is 0 Å². The Balaban J connectivity index is 1.57. The van der Waals surface area contributed by atoms with Crippen LogP contribution in [-0.4, -0.2) is 22.6 Å². The fourth-order valence-electron chi connectivity index (χ4n) is 5.85. The van der Waals surface area contributed by atoms with Gasteiger partial charge in [-0.1, -0.05) is 25.3 Å². The Labute approximate surface area is 156 Å². The van der Waals surface area contributed by atoms with Crippen LogP contribution in [0.15, 0.2) is 18.2 Å². The number of aromatic nitrogens is 1. The van der Waals surface area contributed by atoms with Gasteiger partial charge in [0.15, 0.2) is 0 Å². The number of benzene rings is 1. The molecule has 0 saturated heterocycles. The second-order valence-corrected chi connectivity index (χ2v) is 8.48. The Bertz CT molecular complexity index is 850. The van der Waals surface area contributed by atoms with E-state index in [2.05, 4.69) is 33.7 Å². The molecule has 0 amide bonds. The van der Waals surface area contributed by atoms with E-state index in [1.165, 1.54) is 62.3 Å². The van der Waals surface area contributed by atoms with E-state index in [-0.39, 0.29) is 0 Å². The van der Waals surface area contributed by atoms with Gasteiger partial charge in [0.2, 0.25) is 0 Å². The molecule has 0 bridgehead atoms. The molecular formula is C23H29N3. The van der Waals surface area contributed by atoms with Crippen LogP contribution in [0.4, 0.5) is 0 Å². The minimum absolute atomic E-state index is 0.534. The van der Waals surface area contributed by atoms with Crippen LogP contribution >= 0.6 is 0 Å². The number of nitriles is 1. The third kappa shape index (κ3) is 2.58. The zero-order valence-corrected chi connectivity index (χ0v) is 15.7. The number of fused-ring (bicyclic) bond motifs is 3. The highest BCUT2D eigenvalue weighted by atomic mass is 15.2. The molecule has 2 aliphatic carbocycles. The molecule has 1 aromatic carbocycles. The van der Waals surface area contributed by atoms with Gasteiger partial charge in [0, 0.05) is 42.7 Å². The second kappa shape index (κ2) is 6.74. The molecule has 2 heterocycles. The molecule has 0 N–H and O–H groups in total. The predicted octanol–water partition coefficient (Wildman–Crippen LogP) is 5.30. The van der Waals surface area contributed by atoms with Gasteiger partial charge < -0.3 is 4.57 Å². The van der Waals surface area contributed by atoms with Gasteiger partial charge in [0.05, 0.1) is 12.1 Å². The van der Waals surface area contributed by atoms with Crippen molar-refractivity contribution >= 4 is 10.9 Å². The smallest absolute Gasteiger partial charge is 0.0635 e. The summed E-state index contributed by atoms with van der Waals surface area (Å²) >= 11 is 0. The summed E-state index contributed by atoms with van der Waals surface area (Å²) in [5.41, 5.74) is 6.24. The SMILES string of the molecule is N#CCCN1CCn2c3c(c4cc(C5CCCCC5)ccc42)CCC[C@@H]31. The molecule has 136 valence electrons. The fraction of sp³-hybridized carbons (Fsp3) is 0.609. The fourth-order valence-corrected chi connectivity index (χ4v) is 5.85. The van der Waals surface area contributed by atoms with E-state index in [9.17, 15) is 0 Å². The molecule has 3 aliphatic rings. The first-order chi connectivity index (χ1) is 12.9. The van der Waals surface area contributed by atoms with Gasteiger partial charge in [-0.15, -0.1) is 0 Å². The summed E-state index contributed by atoms with van der Waals surface area (Å²) in [5.74, 6) is 0.781. The van der Waals surface area contributed by atoms with Gasteiger partial charge in [0.1, 0.15) is 0 Å². The van der Waals surface area contributed by atoms with Crippen LogP contribution in [0.5, 0.6) is 0 Å². The van der Waals surface area contributed by atoms with Gasteiger partial charge in [-0.3, -0.25) is 4.90 Å². The van der Waals surface area contributed by atoms with Crippen LogP contribution in [-0.2, 0) is 13.0 Å². The summed E-state index contributed by atoms with van der Waals surface area (Å²) < 4.78 is 2.61. The van der Waals surface area contributed by atoms with Crippen LogP contribution in [0.25, 0.3) is 10.9 Å². The zero-order chi connectivity index (χ0) is 17.5. The molecule has 26 heavy (non-hydrogen) atoms. The second-order valence-electron chi connectivity index (χ2n) is 8.48. The van der Waals surface area contributed by atoms with Gasteiger partial charge in [0.25, 0.3) is 0 Å². The van der Waals surface area contributed by atoms with Crippen molar-refractivity contribution < 1.29 is 0 Å². The Kier molecular flexibility index (Phi) is 4.25. The maximum Gasteiger partial charge on any atom is 0.0635 e. The number of hydrogen-bond acceptors (Lipinski definition) is 2. The quantitative estimate of drug-likeness (QED) is 0.755. The molecule has 3 heteroatoms. The lowest BCUT2D eigenvalue weighted by Gasteiger charge is -2.39. The first-order valence-electron chi connectivity index (χ1n) is 10.6. The van der Waals surface area contributed by atoms with E-state index < -0.39 is 0 Å². The summed E-state index contributed by atoms with van der Waals surface area (Å²) in [6.07, 6.45) is 11.4. The molecule has 1 atom stereocenters. The number of hydrogen-bond donors (Lipinski definition) is 0. The maximum absolute atomic E-state index is 9.01. The van der Waals surface area contributed by atoms with E-state index in [4.69, 9.17) is 5.26 Å². The average molecular weight is 348 g/mol. The lowest BCUT2D eigenvalue weighted by molar-refractivity contribution is 0.144. The van der Waals surface area contributed by atoms with Crippen LogP contribution in [0.2, 0.25) is 0 Å². The van der Waals surface area contributed by atoms with Gasteiger partial charge in [-0.25, -0.2) is 0 Å². The van der Waals surface area contributed by atoms with E-state index in [1.807, 2.05) is 0 Å². The molecule has 1 fully saturated rings. The third-order valence-electron chi connectivity index (χ3n) is 7.10. The summed E-state index contributed by atoms with van der Waals surface area (Å²) in [6.45, 7) is 3.10. The highest BCUT2D eigenvalue weighted by Crippen LogP contribution is 2.44. The molecular weight excluding hydrogens is 318 g/mol. The topological polar surface area (TPSA) is 32.0 Å². The van der Waals surface area contributed by atoms with Crippen molar-refractivity contribution in [3.05, 3.63) is 35.0 Å². The van der Waals surface area contributed by atoms with E-state index in [0.29, 0.717) is 12.5 Å². The Morgan fingerprint density at radius 2 is 1.92 bits per heavy atom. The van der Waals surface area contributed by atoms with Crippen LogP contribution in [0, 0.1) is 11.3 Å². The number of nitrogens with zero attached hydrogens (tertiary/aromatic N) is 3. The zero-order valence-electron chi connectivity index (χ0n) is 15.7. The van der Waals surface area contributed by atoms with E-state index >= 15 is 0 Å². The van der Waals surface area contributed by atoms with Crippen molar-refractivity contribution in [2.45, 2.75) is 76.3 Å². The van der Waals surface area contributed by atoms with E-state index in [0.717, 1.165) is 25.6 Å². The minimum Gasteiger partial charge on any atom is -0.342 e. The third-order valence-corrected chi connectivity index (χ3v) is 7.10. The molecule has 5 rings (SSSR count). The summed E-state index contributed by atoms with van der Waals surface area (Å²) in [7, 11) is 0. The number of aryl methyl sites for hydroxylation is 1. The van der Waals surface area contributed by atoms with Crippen molar-refractivity contribution in [1.82, 2.24) is 9.47 Å². The number of rotatable bonds is 3. The average Bonchev–Trinajstić information content (AvgIpc) is 3.03. The van der Waals surface area contributed by atoms with Crippen molar-refractivity contribution in [2.75, 3.05) is 13.1 Å². The standard InChI is InChI=1S/C23H29N3/c24-12-5-13-25-14-15-26-21-11-10-18(17-6-2-1-3-7-17)16-20(21)19-8-4-9-22(25)23(19)26/h10-11,16-17,22H,1-9,13-15H2/t22-/m0/s1. The Morgan fingerprint density at radius 3 is 2.77 bits per heavy atom. The molecule has 1 aromatic heterocycles. The normalized spacial score (nSPS) is 23.7. The van der Waals surface area contributed by atoms with Crippen molar-refractivity contribution in [3.8, 4) is 6.07 Å². The largest absolute Gasteiger partial charge is 0.342 e. The lowest BCUT2D eigenvalue weighted by atomic mass is 9.83. The van der Waals surface area contributed by atoms with Crippen LogP contribution in [0.1, 0.15) is 80.1 Å². The summed E-state index contributed by atoms with van der Waals surface area (Å²) in [5, 5.41) is 10.5. The minimum atomic E-state index is 0.534. The first kappa shape index (κ1) is 16.4. The highest BCUT2D eigenvalue weighted by Gasteiger charge is 2.34. The van der Waals surface area contributed by atoms with Crippen molar-refractivity contribution in [1.29, 1.82) is 5.26 Å². The summed E-state index contributed by atoms with van der Waals surface area (Å²) in [6, 6.07) is 10.3. The monoisotopic (exact) mass is 347 g/mol. The van der Waals surface area contributed by atoms with Crippen molar-refractivity contribution in [3.63, 3.8) is 0 Å². The molecule has 0 spiro atoms. The Morgan fingerprint density at radius 1 is 1.04 bits per heavy atom. The molecule has 2 aromatic rings. The lowest BCUT2D eigenvalue weighted by Crippen LogP contribution is -2.40. The molecule has 1 saturated carbocycles. The maximum atomic E-state index is 9.01. The van der Waals surface area contributed by atoms with Crippen molar-refractivity contribution in [2.24, 2.45) is 0 Å². The molecule has 0 radical (unpaired) electrons. The molecule has 3 nitrogen and oxygen atoms in total. The predicted molar refractivity (Wildman–Crippen MR) is 105 cm³/mol. The molecule has 0 unspecified atom stereocenters. The molecule has 1 aliphatic heterocycles. The van der Waals surface area contributed by atoms with Crippen LogP contribution < -0.4 is 0 Å². The van der Waals surface area contributed by atoms with E-state index in [1.54, 1.807) is 16.8 Å². The highest BCUT2D eigenvalue weighted by molar-refractivity contribution is 5.87. The Hall–Kier alpha value is -1.79. The summed E-state index contributed by atoms with van der Waals surface area (Å²) in [4.78, 5) is 2.57.